The Morgan fingerprint density at radius 1 is 1.24 bits per heavy atom. The summed E-state index contributed by atoms with van der Waals surface area (Å²) in [5, 5.41) is 0. The largest absolute Gasteiger partial charge is 0.356 e. The van der Waals surface area contributed by atoms with E-state index in [-0.39, 0.29) is 0 Å². The van der Waals surface area contributed by atoms with E-state index < -0.39 is 0 Å². The molecule has 0 N–H and O–H groups in total. The van der Waals surface area contributed by atoms with E-state index in [1.165, 1.54) is 6.33 Å². The Balaban J connectivity index is 1.82. The van der Waals surface area contributed by atoms with Crippen molar-refractivity contribution in [2.24, 2.45) is 0 Å². The lowest BCUT2D eigenvalue weighted by atomic mass is 10.2. The van der Waals surface area contributed by atoms with Crippen LogP contribution >= 0.6 is 0 Å². The molecule has 0 amide bonds. The summed E-state index contributed by atoms with van der Waals surface area (Å²) in [7, 11) is 0. The molecular weight excluding hydrogens is 266 g/mol. The van der Waals surface area contributed by atoms with E-state index in [0.717, 1.165) is 23.1 Å². The van der Waals surface area contributed by atoms with Gasteiger partial charge in [0.25, 0.3) is 0 Å². The van der Waals surface area contributed by atoms with Gasteiger partial charge in [0, 0.05) is 6.20 Å². The summed E-state index contributed by atoms with van der Waals surface area (Å²) >= 11 is 0. The van der Waals surface area contributed by atoms with Crippen molar-refractivity contribution in [1.29, 1.82) is 0 Å². The van der Waals surface area contributed by atoms with Gasteiger partial charge in [0.15, 0.2) is 6.29 Å². The number of hydrogen-bond donors (Lipinski definition) is 0. The first-order chi connectivity index (χ1) is 10.3. The lowest BCUT2D eigenvalue weighted by molar-refractivity contribution is 0.0666. The maximum absolute atomic E-state index is 11.1. The summed E-state index contributed by atoms with van der Waals surface area (Å²) in [6.45, 7) is 2.77. The summed E-state index contributed by atoms with van der Waals surface area (Å²) in [5.74, 6) is 0. The van der Waals surface area contributed by atoms with Crippen LogP contribution in [0.25, 0.3) is 11.0 Å². The van der Waals surface area contributed by atoms with Gasteiger partial charge in [-0.05, 0) is 12.5 Å². The molecule has 3 rings (SSSR count). The number of fused-ring (bicyclic) bond motifs is 1. The van der Waals surface area contributed by atoms with Gasteiger partial charge in [0.1, 0.15) is 18.6 Å². The van der Waals surface area contributed by atoms with Crippen molar-refractivity contribution < 1.29 is 9.53 Å². The number of nitrogens with zero attached hydrogens (tertiary/aromatic N) is 3. The fourth-order valence-electron chi connectivity index (χ4n) is 2.34. The molecule has 0 atom stereocenters. The monoisotopic (exact) mass is 281 g/mol. The number of aromatic nitrogens is 3. The van der Waals surface area contributed by atoms with Crippen molar-refractivity contribution in [3.63, 3.8) is 0 Å². The lowest BCUT2D eigenvalue weighted by Gasteiger charge is -2.08. The molecule has 0 aliphatic carbocycles. The third-order valence-electron chi connectivity index (χ3n) is 3.33. The third-order valence-corrected chi connectivity index (χ3v) is 3.33. The highest BCUT2D eigenvalue weighted by atomic mass is 16.5. The Kier molecular flexibility index (Phi) is 3.75. The average Bonchev–Trinajstić information content (AvgIpc) is 2.88. The van der Waals surface area contributed by atoms with E-state index in [1.807, 2.05) is 41.8 Å². The zero-order chi connectivity index (χ0) is 14.7. The molecule has 2 aromatic heterocycles. The molecule has 0 saturated heterocycles. The second kappa shape index (κ2) is 5.85. The summed E-state index contributed by atoms with van der Waals surface area (Å²) in [6, 6.07) is 9.95. The van der Waals surface area contributed by atoms with Gasteiger partial charge in [-0.2, -0.15) is 0 Å². The van der Waals surface area contributed by atoms with Crippen LogP contribution in [0.5, 0.6) is 0 Å². The fourth-order valence-corrected chi connectivity index (χ4v) is 2.34. The Morgan fingerprint density at radius 3 is 2.81 bits per heavy atom. The van der Waals surface area contributed by atoms with Crippen molar-refractivity contribution in [2.75, 3.05) is 0 Å². The van der Waals surface area contributed by atoms with E-state index in [0.29, 0.717) is 24.4 Å². The van der Waals surface area contributed by atoms with E-state index in [9.17, 15) is 4.79 Å². The number of rotatable bonds is 5. The van der Waals surface area contributed by atoms with Gasteiger partial charge in [0.2, 0.25) is 0 Å². The van der Waals surface area contributed by atoms with Crippen LogP contribution in [-0.2, 0) is 18.1 Å². The Bertz CT molecular complexity index is 766. The second-order valence-corrected chi connectivity index (χ2v) is 4.79. The Hall–Kier alpha value is -2.53. The maximum Gasteiger partial charge on any atom is 0.153 e. The molecule has 2 heterocycles. The molecular formula is C16H15N3O2. The fraction of sp³-hybridized carbons (Fsp3) is 0.188. The molecule has 0 aliphatic heterocycles. The number of carbonyl (C=O) groups is 1. The molecule has 21 heavy (non-hydrogen) atoms. The first-order valence-electron chi connectivity index (χ1n) is 6.67. The Morgan fingerprint density at radius 2 is 2.05 bits per heavy atom. The second-order valence-electron chi connectivity index (χ2n) is 4.79. The van der Waals surface area contributed by atoms with Gasteiger partial charge < -0.3 is 9.30 Å². The van der Waals surface area contributed by atoms with Gasteiger partial charge >= 0.3 is 0 Å². The SMILES string of the molecule is Cc1ncnc2c(C=O)cn(COCc3ccccc3)c12. The highest BCUT2D eigenvalue weighted by Crippen LogP contribution is 2.20. The van der Waals surface area contributed by atoms with Crippen LogP contribution in [0.15, 0.2) is 42.9 Å². The number of hydrogen-bond acceptors (Lipinski definition) is 4. The van der Waals surface area contributed by atoms with E-state index in [4.69, 9.17) is 4.74 Å². The van der Waals surface area contributed by atoms with Crippen LogP contribution in [0.2, 0.25) is 0 Å². The highest BCUT2D eigenvalue weighted by molar-refractivity contribution is 5.95. The van der Waals surface area contributed by atoms with Crippen molar-refractivity contribution in [2.45, 2.75) is 20.3 Å². The molecule has 106 valence electrons. The minimum absolute atomic E-state index is 0.355. The zero-order valence-corrected chi connectivity index (χ0v) is 11.7. The molecule has 0 fully saturated rings. The summed E-state index contributed by atoms with van der Waals surface area (Å²) < 4.78 is 7.59. The van der Waals surface area contributed by atoms with Crippen molar-refractivity contribution >= 4 is 17.3 Å². The highest BCUT2D eigenvalue weighted by Gasteiger charge is 2.12. The number of ether oxygens (including phenoxy) is 1. The van der Waals surface area contributed by atoms with Crippen LogP contribution < -0.4 is 0 Å². The molecule has 5 heteroatoms. The standard InChI is InChI=1S/C16H15N3O2/c1-12-16-15(18-10-17-12)14(8-20)7-19(16)11-21-9-13-5-3-2-4-6-13/h2-8,10H,9,11H2,1H3. The van der Waals surface area contributed by atoms with E-state index >= 15 is 0 Å². The molecule has 0 bridgehead atoms. The van der Waals surface area contributed by atoms with Crippen molar-refractivity contribution in [1.82, 2.24) is 14.5 Å². The van der Waals surface area contributed by atoms with Gasteiger partial charge in [-0.15, -0.1) is 0 Å². The molecule has 1 aromatic carbocycles. The smallest absolute Gasteiger partial charge is 0.153 e. The maximum atomic E-state index is 11.1. The lowest BCUT2D eigenvalue weighted by Crippen LogP contribution is -2.03. The van der Waals surface area contributed by atoms with Crippen LogP contribution in [0.3, 0.4) is 0 Å². The zero-order valence-electron chi connectivity index (χ0n) is 11.7. The first-order valence-corrected chi connectivity index (χ1v) is 6.67. The quantitative estimate of drug-likeness (QED) is 0.675. The van der Waals surface area contributed by atoms with E-state index in [2.05, 4.69) is 9.97 Å². The van der Waals surface area contributed by atoms with E-state index in [1.54, 1.807) is 6.20 Å². The van der Waals surface area contributed by atoms with Gasteiger partial charge in [-0.25, -0.2) is 9.97 Å². The number of aryl methyl sites for hydroxylation is 1. The molecule has 3 aromatic rings. The number of carbonyl (C=O) groups excluding carboxylic acids is 1. The normalized spacial score (nSPS) is 10.9. The third kappa shape index (κ3) is 2.68. The number of benzene rings is 1. The van der Waals surface area contributed by atoms with Gasteiger partial charge in [0.05, 0.1) is 23.4 Å². The molecule has 0 radical (unpaired) electrons. The van der Waals surface area contributed by atoms with Gasteiger partial charge in [-0.3, -0.25) is 4.79 Å². The summed E-state index contributed by atoms with van der Waals surface area (Å²) in [4.78, 5) is 19.5. The summed E-state index contributed by atoms with van der Waals surface area (Å²) in [5.41, 5.74) is 4.00. The molecule has 0 unspecified atom stereocenters. The molecule has 0 aliphatic rings. The minimum atomic E-state index is 0.355. The predicted molar refractivity (Wildman–Crippen MR) is 78.9 cm³/mol. The van der Waals surface area contributed by atoms with Crippen LogP contribution in [0, 0.1) is 6.92 Å². The van der Waals surface area contributed by atoms with Crippen LogP contribution in [-0.4, -0.2) is 20.8 Å². The molecule has 0 spiro atoms. The minimum Gasteiger partial charge on any atom is -0.356 e. The topological polar surface area (TPSA) is 57.0 Å². The van der Waals surface area contributed by atoms with Crippen molar-refractivity contribution in [3.8, 4) is 0 Å². The van der Waals surface area contributed by atoms with Gasteiger partial charge in [-0.1, -0.05) is 30.3 Å². The molecule has 0 saturated carbocycles. The van der Waals surface area contributed by atoms with Crippen LogP contribution in [0.4, 0.5) is 0 Å². The van der Waals surface area contributed by atoms with Crippen LogP contribution in [0.1, 0.15) is 21.6 Å². The van der Waals surface area contributed by atoms with Crippen molar-refractivity contribution in [3.05, 3.63) is 59.7 Å². The summed E-state index contributed by atoms with van der Waals surface area (Å²) in [6.07, 6.45) is 4.03. The average molecular weight is 281 g/mol. The Labute approximate surface area is 122 Å². The number of aldehydes is 1. The molecule has 5 nitrogen and oxygen atoms in total. The predicted octanol–water partition coefficient (Wildman–Crippen LogP) is 2.73. The first kappa shape index (κ1) is 13.5.